The summed E-state index contributed by atoms with van der Waals surface area (Å²) in [6.45, 7) is 2.51. The molecule has 0 spiro atoms. The number of methoxy groups -OCH3 is 2. The van der Waals surface area contributed by atoms with Crippen molar-refractivity contribution in [1.82, 2.24) is 14.9 Å². The van der Waals surface area contributed by atoms with E-state index in [1.807, 2.05) is 15.9 Å². The fraction of sp³-hybridized carbons (Fsp3) is 0.250. The van der Waals surface area contributed by atoms with E-state index in [1.54, 1.807) is 62.8 Å². The van der Waals surface area contributed by atoms with Crippen molar-refractivity contribution in [3.8, 4) is 17.2 Å². The molecule has 1 fully saturated rings. The van der Waals surface area contributed by atoms with Crippen LogP contribution in [0.5, 0.6) is 17.2 Å². The van der Waals surface area contributed by atoms with E-state index < -0.39 is 0 Å². The lowest BCUT2D eigenvalue weighted by Crippen LogP contribution is -2.49. The average Bonchev–Trinajstić information content (AvgIpc) is 2.96. The Morgan fingerprint density at radius 1 is 0.927 bits per heavy atom. The maximum Gasteiger partial charge on any atom is 0.253 e. The lowest BCUT2D eigenvalue weighted by atomic mass is 10.1. The highest BCUT2D eigenvalue weighted by Crippen LogP contribution is 2.34. The molecule has 13 heteroatoms. The molecule has 1 saturated heterocycles. The summed E-state index contributed by atoms with van der Waals surface area (Å²) >= 11 is 12.2. The average molecular weight is 623 g/mol. The van der Waals surface area contributed by atoms with Crippen molar-refractivity contribution in [2.24, 2.45) is 0 Å². The van der Waals surface area contributed by atoms with Crippen LogP contribution < -0.4 is 24.8 Å². The number of nitrogen functional groups attached to an aromatic ring is 1. The number of anilines is 2. The van der Waals surface area contributed by atoms with Gasteiger partial charge in [-0.3, -0.25) is 4.79 Å². The molecule has 5 rings (SSSR count). The smallest absolute Gasteiger partial charge is 0.253 e. The van der Waals surface area contributed by atoms with Crippen molar-refractivity contribution >= 4 is 64.2 Å². The Labute approximate surface area is 253 Å². The van der Waals surface area contributed by atoms with Gasteiger partial charge in [-0.2, -0.15) is 4.98 Å². The van der Waals surface area contributed by atoms with E-state index in [-0.39, 0.29) is 23.8 Å². The largest absolute Gasteiger partial charge is 0.493 e. The summed E-state index contributed by atoms with van der Waals surface area (Å²) < 4.78 is 16.6. The predicted octanol–water partition coefficient (Wildman–Crippen LogP) is 4.67. The second kappa shape index (κ2) is 13.8. The van der Waals surface area contributed by atoms with Gasteiger partial charge in [0, 0.05) is 58.8 Å². The number of hydrogen-bond acceptors (Lipinski definition) is 8. The molecular formula is C28H30Cl3N5O5. The lowest BCUT2D eigenvalue weighted by molar-refractivity contribution is 0.0746. The van der Waals surface area contributed by atoms with E-state index >= 15 is 0 Å². The molecule has 1 aliphatic rings. The fourth-order valence-electron chi connectivity index (χ4n) is 4.39. The number of ether oxygens (including phenoxy) is 3. The zero-order chi connectivity index (χ0) is 27.5. The molecule has 0 atom stereocenters. The Morgan fingerprint density at radius 2 is 1.59 bits per heavy atom. The van der Waals surface area contributed by atoms with Crippen LogP contribution >= 0.6 is 35.6 Å². The van der Waals surface area contributed by atoms with E-state index in [0.29, 0.717) is 88.3 Å². The minimum Gasteiger partial charge on any atom is -0.493 e. The second-order valence-corrected chi connectivity index (χ2v) is 9.80. The van der Waals surface area contributed by atoms with Crippen LogP contribution in [0.2, 0.25) is 10.0 Å². The molecule has 3 aromatic carbocycles. The molecule has 0 bridgehead atoms. The fourth-order valence-corrected chi connectivity index (χ4v) is 4.86. The summed E-state index contributed by atoms with van der Waals surface area (Å²) in [5.41, 5.74) is 8.33. The Kier molecular flexibility index (Phi) is 10.7. The van der Waals surface area contributed by atoms with Gasteiger partial charge >= 0.3 is 0 Å². The second-order valence-electron chi connectivity index (χ2n) is 8.96. The summed E-state index contributed by atoms with van der Waals surface area (Å²) in [7, 11) is 3.14. The first-order valence-electron chi connectivity index (χ1n) is 12.3. The molecule has 4 N–H and O–H groups in total. The molecule has 10 nitrogen and oxygen atoms in total. The first-order valence-corrected chi connectivity index (χ1v) is 13.0. The molecule has 4 aromatic rings. The van der Waals surface area contributed by atoms with Crippen LogP contribution in [-0.2, 0) is 6.61 Å². The first kappa shape index (κ1) is 31.8. The van der Waals surface area contributed by atoms with Gasteiger partial charge in [0.1, 0.15) is 18.2 Å². The number of nitrogens with two attached hydrogens (primary N) is 1. The molecule has 0 saturated carbocycles. The van der Waals surface area contributed by atoms with Crippen molar-refractivity contribution in [3.63, 3.8) is 0 Å². The van der Waals surface area contributed by atoms with Gasteiger partial charge in [0.25, 0.3) is 5.91 Å². The van der Waals surface area contributed by atoms with Gasteiger partial charge in [0.05, 0.1) is 19.7 Å². The van der Waals surface area contributed by atoms with E-state index in [0.717, 1.165) is 5.56 Å². The topological polar surface area (TPSA) is 135 Å². The zero-order valence-corrected chi connectivity index (χ0v) is 24.7. The van der Waals surface area contributed by atoms with Crippen LogP contribution in [0.25, 0.3) is 10.9 Å². The number of carbonyl (C=O) groups excluding carboxylic acids is 1. The van der Waals surface area contributed by atoms with Crippen LogP contribution in [-0.4, -0.2) is 66.6 Å². The highest BCUT2D eigenvalue weighted by molar-refractivity contribution is 6.35. The minimum absolute atomic E-state index is 0. The van der Waals surface area contributed by atoms with Crippen LogP contribution in [0.15, 0.2) is 54.6 Å². The Balaban J connectivity index is 0.00000231. The minimum atomic E-state index is -0.0438. The third-order valence-corrected chi connectivity index (χ3v) is 7.17. The number of hydrogen-bond donors (Lipinski definition) is 1. The van der Waals surface area contributed by atoms with Gasteiger partial charge in [-0.1, -0.05) is 29.3 Å². The van der Waals surface area contributed by atoms with Crippen molar-refractivity contribution in [2.75, 3.05) is 51.0 Å². The van der Waals surface area contributed by atoms with Gasteiger partial charge in [0.2, 0.25) is 5.95 Å². The molecule has 41 heavy (non-hydrogen) atoms. The number of carbonyl (C=O) groups is 1. The monoisotopic (exact) mass is 621 g/mol. The molecule has 1 amide bonds. The number of fused-ring (bicyclic) bond motifs is 1. The molecule has 0 aliphatic carbocycles. The first-order chi connectivity index (χ1) is 18.9. The predicted molar refractivity (Wildman–Crippen MR) is 163 cm³/mol. The summed E-state index contributed by atoms with van der Waals surface area (Å²) in [5.74, 6) is 2.59. The van der Waals surface area contributed by atoms with Gasteiger partial charge in [-0.05, 0) is 42.5 Å². The summed E-state index contributed by atoms with van der Waals surface area (Å²) in [6, 6.07) is 15.9. The SMILES string of the molecule is COc1cc2nc(N3CCN(C(=O)c4ccc(OCc5ccc(Cl)cc5Cl)cc4)CC3)nc(N)c2cc1OC.Cl.O. The molecule has 1 aliphatic heterocycles. The van der Waals surface area contributed by atoms with Crippen molar-refractivity contribution in [1.29, 1.82) is 0 Å². The van der Waals surface area contributed by atoms with Crippen LogP contribution in [0.4, 0.5) is 11.8 Å². The molecular weight excluding hydrogens is 593 g/mol. The van der Waals surface area contributed by atoms with Crippen molar-refractivity contribution < 1.29 is 24.5 Å². The quantitative estimate of drug-likeness (QED) is 0.314. The third-order valence-electron chi connectivity index (χ3n) is 6.58. The van der Waals surface area contributed by atoms with Crippen LogP contribution in [0.3, 0.4) is 0 Å². The molecule has 0 unspecified atom stereocenters. The number of amides is 1. The Hall–Kier alpha value is -3.70. The number of aromatic nitrogens is 2. The normalized spacial score (nSPS) is 12.8. The number of benzene rings is 3. The number of halogens is 3. The van der Waals surface area contributed by atoms with Crippen molar-refractivity contribution in [3.05, 3.63) is 75.8 Å². The highest BCUT2D eigenvalue weighted by atomic mass is 35.5. The molecule has 2 heterocycles. The van der Waals surface area contributed by atoms with E-state index in [4.69, 9.17) is 48.1 Å². The van der Waals surface area contributed by atoms with E-state index in [2.05, 4.69) is 4.98 Å². The maximum atomic E-state index is 13.1. The molecule has 1 aromatic heterocycles. The summed E-state index contributed by atoms with van der Waals surface area (Å²) in [4.78, 5) is 26.2. The van der Waals surface area contributed by atoms with Crippen molar-refractivity contribution in [2.45, 2.75) is 6.61 Å². The lowest BCUT2D eigenvalue weighted by Gasteiger charge is -2.35. The van der Waals surface area contributed by atoms with E-state index in [9.17, 15) is 4.79 Å². The molecule has 218 valence electrons. The molecule has 0 radical (unpaired) electrons. The standard InChI is InChI=1S/C28H27Cl2N5O4.ClH.H2O/c1-37-24-14-21-23(15-25(24)38-2)32-28(33-26(21)31)35-11-9-34(10-12-35)27(36)17-4-7-20(8-5-17)39-16-18-3-6-19(29)13-22(18)30;;/h3-8,13-15H,9-12,16H2,1-2H3,(H2,31,32,33);1H;1H2. The Bertz CT molecular complexity index is 1520. The number of nitrogens with zero attached hydrogens (tertiary/aromatic N) is 4. The Morgan fingerprint density at radius 3 is 2.22 bits per heavy atom. The number of piperazine rings is 1. The van der Waals surface area contributed by atoms with Gasteiger partial charge in [-0.25, -0.2) is 4.98 Å². The highest BCUT2D eigenvalue weighted by Gasteiger charge is 2.24. The maximum absolute atomic E-state index is 13.1. The van der Waals surface area contributed by atoms with Gasteiger partial charge in [0.15, 0.2) is 11.5 Å². The number of rotatable bonds is 7. The third kappa shape index (κ3) is 6.97. The van der Waals surface area contributed by atoms with Gasteiger partial charge < -0.3 is 35.2 Å². The van der Waals surface area contributed by atoms with Crippen LogP contribution in [0, 0.1) is 0 Å². The van der Waals surface area contributed by atoms with Gasteiger partial charge in [-0.15, -0.1) is 12.4 Å². The zero-order valence-electron chi connectivity index (χ0n) is 22.4. The van der Waals surface area contributed by atoms with E-state index in [1.165, 1.54) is 0 Å². The van der Waals surface area contributed by atoms with Crippen LogP contribution in [0.1, 0.15) is 15.9 Å². The summed E-state index contributed by atoms with van der Waals surface area (Å²) in [6.07, 6.45) is 0. The summed E-state index contributed by atoms with van der Waals surface area (Å²) in [5, 5.41) is 1.81.